The van der Waals surface area contributed by atoms with Gasteiger partial charge >= 0.3 is 0 Å². The van der Waals surface area contributed by atoms with E-state index in [1.54, 1.807) is 0 Å². The summed E-state index contributed by atoms with van der Waals surface area (Å²) in [5.74, 6) is 0.983. The highest BCUT2D eigenvalue weighted by Gasteiger charge is 2.23. The normalized spacial score (nSPS) is 16.0. The Hall–Kier alpha value is -2.20. The maximum Gasteiger partial charge on any atom is 0.238 e. The van der Waals surface area contributed by atoms with E-state index in [2.05, 4.69) is 66.3 Å². The Bertz CT molecular complexity index is 734. The van der Waals surface area contributed by atoms with E-state index in [4.69, 9.17) is 0 Å². The zero-order valence-electron chi connectivity index (χ0n) is 16.0. The van der Waals surface area contributed by atoms with Crippen molar-refractivity contribution in [1.82, 2.24) is 9.88 Å². The van der Waals surface area contributed by atoms with E-state index >= 15 is 0 Å². The lowest BCUT2D eigenvalue weighted by atomic mass is 9.93. The van der Waals surface area contributed by atoms with Gasteiger partial charge in [0.2, 0.25) is 5.91 Å². The molecule has 3 rings (SSSR count). The van der Waals surface area contributed by atoms with Gasteiger partial charge in [-0.3, -0.25) is 14.7 Å². The predicted molar refractivity (Wildman–Crippen MR) is 107 cm³/mol. The van der Waals surface area contributed by atoms with E-state index in [-0.39, 0.29) is 5.91 Å². The number of pyridine rings is 1. The summed E-state index contributed by atoms with van der Waals surface area (Å²) in [6, 6.07) is 12.3. The molecule has 1 N–H and O–H groups in total. The predicted octanol–water partition coefficient (Wildman–Crippen LogP) is 4.33. The molecule has 0 radical (unpaired) electrons. The summed E-state index contributed by atoms with van der Waals surface area (Å²) in [7, 11) is 0. The van der Waals surface area contributed by atoms with Crippen LogP contribution >= 0.6 is 0 Å². The lowest BCUT2D eigenvalue weighted by Crippen LogP contribution is -2.39. The Morgan fingerprint density at radius 3 is 2.62 bits per heavy atom. The largest absolute Gasteiger partial charge is 0.324 e. The Kier molecular flexibility index (Phi) is 6.04. The van der Waals surface area contributed by atoms with Crippen molar-refractivity contribution in [3.8, 4) is 0 Å². The first kappa shape index (κ1) is 18.6. The summed E-state index contributed by atoms with van der Waals surface area (Å²) in [5.41, 5.74) is 4.49. The molecule has 0 spiro atoms. The molecule has 0 saturated carbocycles. The van der Waals surface area contributed by atoms with Gasteiger partial charge in [-0.15, -0.1) is 0 Å². The number of hydrogen-bond acceptors (Lipinski definition) is 3. The van der Waals surface area contributed by atoms with Crippen LogP contribution in [0.1, 0.15) is 55.3 Å². The third-order valence-electron chi connectivity index (χ3n) is 5.25. The molecule has 1 fully saturated rings. The fourth-order valence-corrected chi connectivity index (χ4v) is 3.73. The summed E-state index contributed by atoms with van der Waals surface area (Å²) < 4.78 is 0. The molecule has 1 aliphatic rings. The summed E-state index contributed by atoms with van der Waals surface area (Å²) in [4.78, 5) is 19.3. The minimum absolute atomic E-state index is 0.0810. The molecule has 0 aliphatic carbocycles. The maximum atomic E-state index is 12.6. The van der Waals surface area contributed by atoms with Gasteiger partial charge in [0.25, 0.3) is 0 Å². The van der Waals surface area contributed by atoms with E-state index in [0.29, 0.717) is 18.4 Å². The van der Waals surface area contributed by atoms with Gasteiger partial charge in [-0.05, 0) is 62.0 Å². The standard InChI is InChI=1S/C22H29N3O/c1-16(2)19-8-6-7-17(3)22(19)24-21(26)15-25-13-10-18(11-14-25)20-9-4-5-12-23-20/h4-9,12,16,18H,10-11,13-15H2,1-3H3,(H,24,26). The molecule has 26 heavy (non-hydrogen) atoms. The molecule has 4 nitrogen and oxygen atoms in total. The van der Waals surface area contributed by atoms with E-state index in [1.807, 2.05) is 12.3 Å². The van der Waals surface area contributed by atoms with Crippen LogP contribution in [0.3, 0.4) is 0 Å². The van der Waals surface area contributed by atoms with Crippen molar-refractivity contribution < 1.29 is 4.79 Å². The molecule has 2 aromatic rings. The number of nitrogens with zero attached hydrogens (tertiary/aromatic N) is 2. The van der Waals surface area contributed by atoms with Gasteiger partial charge in [0.1, 0.15) is 0 Å². The highest BCUT2D eigenvalue weighted by atomic mass is 16.2. The lowest BCUT2D eigenvalue weighted by Gasteiger charge is -2.31. The molecule has 138 valence electrons. The number of para-hydroxylation sites is 1. The van der Waals surface area contributed by atoms with Crippen molar-refractivity contribution >= 4 is 11.6 Å². The molecule has 0 atom stereocenters. The average molecular weight is 351 g/mol. The Morgan fingerprint density at radius 2 is 1.96 bits per heavy atom. The number of likely N-dealkylation sites (tertiary alicyclic amines) is 1. The number of hydrogen-bond donors (Lipinski definition) is 1. The molecule has 1 aliphatic heterocycles. The quantitative estimate of drug-likeness (QED) is 0.872. The van der Waals surface area contributed by atoms with E-state index < -0.39 is 0 Å². The van der Waals surface area contributed by atoms with Crippen LogP contribution in [0.15, 0.2) is 42.6 Å². The fourth-order valence-electron chi connectivity index (χ4n) is 3.73. The zero-order valence-corrected chi connectivity index (χ0v) is 16.0. The zero-order chi connectivity index (χ0) is 18.5. The van der Waals surface area contributed by atoms with Crippen LogP contribution in [0.25, 0.3) is 0 Å². The number of piperidine rings is 1. The fraction of sp³-hybridized carbons (Fsp3) is 0.455. The van der Waals surface area contributed by atoms with Gasteiger partial charge in [0, 0.05) is 23.5 Å². The summed E-state index contributed by atoms with van der Waals surface area (Å²) in [6.45, 7) is 8.72. The van der Waals surface area contributed by atoms with Crippen LogP contribution < -0.4 is 5.32 Å². The molecule has 1 aromatic heterocycles. The van der Waals surface area contributed by atoms with Crippen LogP contribution in [0, 0.1) is 6.92 Å². The molecule has 2 heterocycles. The molecular formula is C22H29N3O. The number of aryl methyl sites for hydroxylation is 1. The Balaban J connectivity index is 1.56. The van der Waals surface area contributed by atoms with Crippen molar-refractivity contribution in [1.29, 1.82) is 0 Å². The van der Waals surface area contributed by atoms with Crippen molar-refractivity contribution in [2.24, 2.45) is 0 Å². The number of rotatable bonds is 5. The third-order valence-corrected chi connectivity index (χ3v) is 5.25. The molecule has 0 bridgehead atoms. The number of aromatic nitrogens is 1. The first-order chi connectivity index (χ1) is 12.5. The number of carbonyl (C=O) groups is 1. The summed E-state index contributed by atoms with van der Waals surface area (Å²) in [5, 5.41) is 3.16. The monoisotopic (exact) mass is 351 g/mol. The number of anilines is 1. The van der Waals surface area contributed by atoms with Gasteiger partial charge in [0.15, 0.2) is 0 Å². The second-order valence-corrected chi connectivity index (χ2v) is 7.55. The van der Waals surface area contributed by atoms with E-state index in [1.165, 1.54) is 11.3 Å². The number of amides is 1. The summed E-state index contributed by atoms with van der Waals surface area (Å²) >= 11 is 0. The van der Waals surface area contributed by atoms with Crippen molar-refractivity contribution in [2.75, 3.05) is 25.0 Å². The van der Waals surface area contributed by atoms with Crippen molar-refractivity contribution in [3.05, 3.63) is 59.4 Å². The van der Waals surface area contributed by atoms with Crippen molar-refractivity contribution in [3.63, 3.8) is 0 Å². The lowest BCUT2D eigenvalue weighted by molar-refractivity contribution is -0.117. The van der Waals surface area contributed by atoms with Crippen molar-refractivity contribution in [2.45, 2.75) is 45.4 Å². The van der Waals surface area contributed by atoms with Gasteiger partial charge < -0.3 is 5.32 Å². The second kappa shape index (κ2) is 8.45. The Morgan fingerprint density at radius 1 is 1.19 bits per heavy atom. The number of nitrogens with one attached hydrogen (secondary N) is 1. The minimum atomic E-state index is 0.0810. The molecule has 0 unspecified atom stereocenters. The Labute approximate surface area is 156 Å². The van der Waals surface area contributed by atoms with Gasteiger partial charge in [-0.25, -0.2) is 0 Å². The van der Waals surface area contributed by atoms with Gasteiger partial charge in [-0.1, -0.05) is 38.1 Å². The second-order valence-electron chi connectivity index (χ2n) is 7.55. The topological polar surface area (TPSA) is 45.2 Å². The molecule has 4 heteroatoms. The van der Waals surface area contributed by atoms with Crippen LogP contribution in [0.5, 0.6) is 0 Å². The van der Waals surface area contributed by atoms with E-state index in [9.17, 15) is 4.79 Å². The SMILES string of the molecule is Cc1cccc(C(C)C)c1NC(=O)CN1CCC(c2ccccn2)CC1. The van der Waals surface area contributed by atoms with Crippen LogP contribution in [-0.2, 0) is 4.79 Å². The van der Waals surface area contributed by atoms with Gasteiger partial charge in [0.05, 0.1) is 6.54 Å². The van der Waals surface area contributed by atoms with Crippen LogP contribution in [-0.4, -0.2) is 35.4 Å². The third kappa shape index (κ3) is 4.50. The van der Waals surface area contributed by atoms with Gasteiger partial charge in [-0.2, -0.15) is 0 Å². The average Bonchev–Trinajstić information content (AvgIpc) is 2.64. The highest BCUT2D eigenvalue weighted by molar-refractivity contribution is 5.93. The number of benzene rings is 1. The maximum absolute atomic E-state index is 12.6. The smallest absolute Gasteiger partial charge is 0.238 e. The minimum Gasteiger partial charge on any atom is -0.324 e. The van der Waals surface area contributed by atoms with E-state index in [0.717, 1.165) is 37.2 Å². The molecule has 1 aromatic carbocycles. The van der Waals surface area contributed by atoms with Crippen LogP contribution in [0.4, 0.5) is 5.69 Å². The molecular weight excluding hydrogens is 322 g/mol. The summed E-state index contributed by atoms with van der Waals surface area (Å²) in [6.07, 6.45) is 3.99. The van der Waals surface area contributed by atoms with Crippen LogP contribution in [0.2, 0.25) is 0 Å². The molecule has 1 saturated heterocycles. The first-order valence-corrected chi connectivity index (χ1v) is 9.57. The highest BCUT2D eigenvalue weighted by Crippen LogP contribution is 2.28. The number of carbonyl (C=O) groups excluding carboxylic acids is 1. The first-order valence-electron chi connectivity index (χ1n) is 9.57. The molecule has 1 amide bonds.